The average molecular weight is 292 g/mol. The van der Waals surface area contributed by atoms with E-state index in [0.29, 0.717) is 5.69 Å². The van der Waals surface area contributed by atoms with Crippen molar-refractivity contribution < 1.29 is 19.1 Å². The molecule has 2 N–H and O–H groups in total. The van der Waals surface area contributed by atoms with Crippen LogP contribution in [0.25, 0.3) is 0 Å². The first-order valence-corrected chi connectivity index (χ1v) is 6.70. The van der Waals surface area contributed by atoms with Crippen molar-refractivity contribution in [2.75, 3.05) is 11.9 Å². The smallest absolute Gasteiger partial charge is 0.308 e. The zero-order valence-electron chi connectivity index (χ0n) is 12.4. The van der Waals surface area contributed by atoms with E-state index in [2.05, 4.69) is 10.6 Å². The number of carbonyl (C=O) groups excluding carboxylic acids is 3. The van der Waals surface area contributed by atoms with Crippen molar-refractivity contribution in [1.82, 2.24) is 5.32 Å². The topological polar surface area (TPSA) is 84.5 Å². The van der Waals surface area contributed by atoms with Gasteiger partial charge in [0.05, 0.1) is 6.42 Å². The maximum absolute atomic E-state index is 11.9. The molecule has 1 unspecified atom stereocenters. The molecule has 0 aliphatic heterocycles. The Hall–Kier alpha value is -2.37. The van der Waals surface area contributed by atoms with Crippen LogP contribution in [-0.4, -0.2) is 30.4 Å². The van der Waals surface area contributed by atoms with E-state index in [-0.39, 0.29) is 18.9 Å². The van der Waals surface area contributed by atoms with Gasteiger partial charge in [0, 0.05) is 19.2 Å². The van der Waals surface area contributed by atoms with Gasteiger partial charge in [0.2, 0.25) is 5.91 Å². The zero-order chi connectivity index (χ0) is 15.8. The van der Waals surface area contributed by atoms with Gasteiger partial charge in [-0.25, -0.2) is 0 Å². The van der Waals surface area contributed by atoms with Gasteiger partial charge in [-0.1, -0.05) is 12.1 Å². The van der Waals surface area contributed by atoms with Crippen molar-refractivity contribution in [3.05, 3.63) is 29.8 Å². The second kappa shape index (κ2) is 8.04. The molecule has 114 valence electrons. The lowest BCUT2D eigenvalue weighted by Gasteiger charge is -2.13. The largest absolute Gasteiger partial charge is 0.452 e. The highest BCUT2D eigenvalue weighted by atomic mass is 16.5. The Labute approximate surface area is 123 Å². The molecule has 1 atom stereocenters. The summed E-state index contributed by atoms with van der Waals surface area (Å²) >= 11 is 0. The molecule has 0 aliphatic carbocycles. The molecule has 0 radical (unpaired) electrons. The van der Waals surface area contributed by atoms with Crippen LogP contribution in [0.1, 0.15) is 25.8 Å². The first kappa shape index (κ1) is 16.7. The van der Waals surface area contributed by atoms with Crippen LogP contribution in [0.15, 0.2) is 24.3 Å². The number of benzene rings is 1. The molecule has 0 saturated heterocycles. The van der Waals surface area contributed by atoms with Crippen molar-refractivity contribution in [1.29, 1.82) is 0 Å². The van der Waals surface area contributed by atoms with Crippen LogP contribution in [0.4, 0.5) is 5.69 Å². The van der Waals surface area contributed by atoms with Gasteiger partial charge in [-0.3, -0.25) is 14.4 Å². The number of esters is 1. The number of carbonyl (C=O) groups is 3. The minimum Gasteiger partial charge on any atom is -0.452 e. The molecule has 1 aromatic rings. The van der Waals surface area contributed by atoms with E-state index in [4.69, 9.17) is 4.74 Å². The molecule has 0 heterocycles. The lowest BCUT2D eigenvalue weighted by atomic mass is 10.2. The lowest BCUT2D eigenvalue weighted by Crippen LogP contribution is -2.31. The van der Waals surface area contributed by atoms with E-state index in [0.717, 1.165) is 5.56 Å². The van der Waals surface area contributed by atoms with E-state index in [9.17, 15) is 14.4 Å². The maximum atomic E-state index is 11.9. The van der Waals surface area contributed by atoms with Gasteiger partial charge >= 0.3 is 5.97 Å². The first-order valence-electron chi connectivity index (χ1n) is 6.70. The molecule has 1 rings (SSSR count). The highest BCUT2D eigenvalue weighted by Crippen LogP contribution is 2.10. The van der Waals surface area contributed by atoms with Gasteiger partial charge in [-0.2, -0.15) is 0 Å². The summed E-state index contributed by atoms with van der Waals surface area (Å²) in [5.41, 5.74) is 1.67. The fourth-order valence-corrected chi connectivity index (χ4v) is 1.62. The highest BCUT2D eigenvalue weighted by Gasteiger charge is 2.17. The third-order valence-electron chi connectivity index (χ3n) is 2.67. The number of hydrogen-bond acceptors (Lipinski definition) is 4. The Morgan fingerprint density at radius 3 is 2.62 bits per heavy atom. The second-order valence-corrected chi connectivity index (χ2v) is 4.72. The number of aryl methyl sites for hydroxylation is 1. The molecule has 1 aromatic carbocycles. The Kier molecular flexibility index (Phi) is 6.39. The quantitative estimate of drug-likeness (QED) is 0.776. The summed E-state index contributed by atoms with van der Waals surface area (Å²) in [6.45, 7) is 4.98. The number of nitrogens with one attached hydrogen (secondary N) is 2. The average Bonchev–Trinajstić information content (AvgIpc) is 2.38. The predicted octanol–water partition coefficient (Wildman–Crippen LogP) is 1.39. The molecule has 0 aromatic heterocycles. The van der Waals surface area contributed by atoms with Gasteiger partial charge in [0.25, 0.3) is 5.91 Å². The fourth-order valence-electron chi connectivity index (χ4n) is 1.62. The molecule has 6 nitrogen and oxygen atoms in total. The minimum absolute atomic E-state index is 0.0294. The monoisotopic (exact) mass is 292 g/mol. The number of amides is 2. The highest BCUT2D eigenvalue weighted by molar-refractivity contribution is 5.95. The SMILES string of the molecule is CC(=O)NCCC(=O)OC(C)C(=O)Nc1cccc(C)c1. The van der Waals surface area contributed by atoms with Crippen LogP contribution in [0.2, 0.25) is 0 Å². The molecule has 0 bridgehead atoms. The van der Waals surface area contributed by atoms with Crippen molar-refractivity contribution in [2.24, 2.45) is 0 Å². The van der Waals surface area contributed by atoms with E-state index in [1.807, 2.05) is 25.1 Å². The van der Waals surface area contributed by atoms with Crippen LogP contribution in [0.3, 0.4) is 0 Å². The normalized spacial score (nSPS) is 11.4. The number of ether oxygens (including phenoxy) is 1. The molecule has 0 saturated carbocycles. The molecule has 6 heteroatoms. The Morgan fingerprint density at radius 1 is 1.29 bits per heavy atom. The van der Waals surface area contributed by atoms with Gasteiger partial charge in [-0.05, 0) is 31.5 Å². The Bertz CT molecular complexity index is 528. The van der Waals surface area contributed by atoms with Crippen molar-refractivity contribution in [3.63, 3.8) is 0 Å². The number of anilines is 1. The van der Waals surface area contributed by atoms with Crippen molar-refractivity contribution >= 4 is 23.5 Å². The minimum atomic E-state index is -0.893. The van der Waals surface area contributed by atoms with Gasteiger partial charge in [0.15, 0.2) is 6.10 Å². The van der Waals surface area contributed by atoms with Crippen LogP contribution in [0.5, 0.6) is 0 Å². The summed E-state index contributed by atoms with van der Waals surface area (Å²) in [7, 11) is 0. The molecular weight excluding hydrogens is 272 g/mol. The van der Waals surface area contributed by atoms with Crippen LogP contribution < -0.4 is 10.6 Å². The third-order valence-corrected chi connectivity index (χ3v) is 2.67. The Balaban J connectivity index is 2.40. The lowest BCUT2D eigenvalue weighted by molar-refractivity contribution is -0.153. The summed E-state index contributed by atoms with van der Waals surface area (Å²) in [6, 6.07) is 7.33. The van der Waals surface area contributed by atoms with E-state index < -0.39 is 18.0 Å². The molecule has 21 heavy (non-hydrogen) atoms. The Morgan fingerprint density at radius 2 is 2.00 bits per heavy atom. The summed E-state index contributed by atoms with van der Waals surface area (Å²) in [4.78, 5) is 34.0. The second-order valence-electron chi connectivity index (χ2n) is 4.72. The molecule has 0 spiro atoms. The van der Waals surface area contributed by atoms with Crippen LogP contribution in [0, 0.1) is 6.92 Å². The van der Waals surface area contributed by atoms with Crippen LogP contribution >= 0.6 is 0 Å². The van der Waals surface area contributed by atoms with Crippen molar-refractivity contribution in [3.8, 4) is 0 Å². The summed E-state index contributed by atoms with van der Waals surface area (Å²) < 4.78 is 4.99. The van der Waals surface area contributed by atoms with Gasteiger partial charge in [-0.15, -0.1) is 0 Å². The standard InChI is InChI=1S/C15H20N2O4/c1-10-5-4-6-13(9-10)17-15(20)11(2)21-14(19)7-8-16-12(3)18/h4-6,9,11H,7-8H2,1-3H3,(H,16,18)(H,17,20). The van der Waals surface area contributed by atoms with Gasteiger partial charge < -0.3 is 15.4 Å². The predicted molar refractivity (Wildman–Crippen MR) is 78.7 cm³/mol. The van der Waals surface area contributed by atoms with Crippen LogP contribution in [-0.2, 0) is 19.1 Å². The zero-order valence-corrected chi connectivity index (χ0v) is 12.4. The molecule has 0 aliphatic rings. The molecular formula is C15H20N2O4. The summed E-state index contributed by atoms with van der Waals surface area (Å²) in [5, 5.41) is 5.16. The van der Waals surface area contributed by atoms with Gasteiger partial charge in [0.1, 0.15) is 0 Å². The number of hydrogen-bond donors (Lipinski definition) is 2. The molecule has 0 fully saturated rings. The third kappa shape index (κ3) is 6.56. The number of rotatable bonds is 6. The van der Waals surface area contributed by atoms with E-state index in [1.54, 1.807) is 6.07 Å². The van der Waals surface area contributed by atoms with E-state index in [1.165, 1.54) is 13.8 Å². The first-order chi connectivity index (χ1) is 9.88. The summed E-state index contributed by atoms with van der Waals surface area (Å²) in [6.07, 6.45) is -0.864. The maximum Gasteiger partial charge on any atom is 0.308 e. The molecule has 2 amide bonds. The van der Waals surface area contributed by atoms with E-state index >= 15 is 0 Å². The van der Waals surface area contributed by atoms with Crippen molar-refractivity contribution in [2.45, 2.75) is 33.3 Å². The fraction of sp³-hybridized carbons (Fsp3) is 0.400. The summed E-state index contributed by atoms with van der Waals surface area (Å²) in [5.74, 6) is -1.14.